The van der Waals surface area contributed by atoms with Gasteiger partial charge in [0.1, 0.15) is 11.6 Å². The number of aromatic nitrogens is 2. The molecule has 13 heavy (non-hydrogen) atoms. The SMILES string of the molecule is NCc1nc2cc(Br)c(F)cc2[nH]1. The highest BCUT2D eigenvalue weighted by molar-refractivity contribution is 9.10. The Kier molecular flexibility index (Phi) is 2.05. The van der Waals surface area contributed by atoms with Crippen LogP contribution in [0.1, 0.15) is 5.82 Å². The van der Waals surface area contributed by atoms with Crippen LogP contribution in [-0.2, 0) is 6.54 Å². The van der Waals surface area contributed by atoms with Gasteiger partial charge in [-0.15, -0.1) is 0 Å². The summed E-state index contributed by atoms with van der Waals surface area (Å²) in [5, 5.41) is 0. The minimum absolute atomic E-state index is 0.306. The van der Waals surface area contributed by atoms with Gasteiger partial charge in [0.2, 0.25) is 0 Å². The molecule has 0 bridgehead atoms. The molecule has 1 heterocycles. The van der Waals surface area contributed by atoms with E-state index < -0.39 is 0 Å². The fourth-order valence-corrected chi connectivity index (χ4v) is 1.49. The van der Waals surface area contributed by atoms with Crippen molar-refractivity contribution in [2.24, 2.45) is 5.73 Å². The summed E-state index contributed by atoms with van der Waals surface area (Å²) < 4.78 is 13.4. The van der Waals surface area contributed by atoms with Crippen LogP contribution in [0.15, 0.2) is 16.6 Å². The summed E-state index contributed by atoms with van der Waals surface area (Å²) in [6.07, 6.45) is 0. The van der Waals surface area contributed by atoms with Crippen molar-refractivity contribution in [1.29, 1.82) is 0 Å². The van der Waals surface area contributed by atoms with Crippen LogP contribution in [0.2, 0.25) is 0 Å². The second-order valence-corrected chi connectivity index (χ2v) is 3.53. The number of aromatic amines is 1. The summed E-state index contributed by atoms with van der Waals surface area (Å²) in [6, 6.07) is 3.02. The summed E-state index contributed by atoms with van der Waals surface area (Å²) in [5.74, 6) is 0.354. The Labute approximate surface area is 82.3 Å². The number of halogens is 2. The van der Waals surface area contributed by atoms with Crippen LogP contribution in [0.3, 0.4) is 0 Å². The van der Waals surface area contributed by atoms with Crippen LogP contribution >= 0.6 is 15.9 Å². The summed E-state index contributed by atoms with van der Waals surface area (Å²) in [4.78, 5) is 7.07. The number of fused-ring (bicyclic) bond motifs is 1. The summed E-state index contributed by atoms with van der Waals surface area (Å²) in [7, 11) is 0. The van der Waals surface area contributed by atoms with Gasteiger partial charge in [0.25, 0.3) is 0 Å². The minimum atomic E-state index is -0.306. The largest absolute Gasteiger partial charge is 0.341 e. The van der Waals surface area contributed by atoms with Crippen LogP contribution in [0, 0.1) is 5.82 Å². The lowest BCUT2D eigenvalue weighted by atomic mass is 10.3. The standard InChI is InChI=1S/C8H7BrFN3/c9-4-1-6-7(2-5(4)10)13-8(3-11)12-6/h1-2H,3,11H2,(H,12,13). The van der Waals surface area contributed by atoms with E-state index in [0.717, 1.165) is 0 Å². The van der Waals surface area contributed by atoms with Crippen molar-refractivity contribution in [3.05, 3.63) is 28.2 Å². The Hall–Kier alpha value is -0.940. The molecule has 68 valence electrons. The highest BCUT2D eigenvalue weighted by Gasteiger charge is 2.05. The first-order valence-corrected chi connectivity index (χ1v) is 4.53. The quantitative estimate of drug-likeness (QED) is 0.805. The zero-order valence-electron chi connectivity index (χ0n) is 6.64. The second kappa shape index (κ2) is 3.08. The third-order valence-corrected chi connectivity index (χ3v) is 2.37. The molecule has 0 amide bonds. The van der Waals surface area contributed by atoms with Crippen molar-refractivity contribution >= 4 is 27.0 Å². The molecule has 0 saturated carbocycles. The fourth-order valence-electron chi connectivity index (χ4n) is 1.15. The number of hydrogen-bond acceptors (Lipinski definition) is 2. The third-order valence-electron chi connectivity index (χ3n) is 1.77. The number of H-pyrrole nitrogens is 1. The molecule has 3 nitrogen and oxygen atoms in total. The highest BCUT2D eigenvalue weighted by atomic mass is 79.9. The molecule has 0 unspecified atom stereocenters. The van der Waals surface area contributed by atoms with Crippen LogP contribution in [0.25, 0.3) is 11.0 Å². The van der Waals surface area contributed by atoms with Crippen LogP contribution in [0.4, 0.5) is 4.39 Å². The Morgan fingerprint density at radius 3 is 3.00 bits per heavy atom. The molecule has 2 rings (SSSR count). The van der Waals surface area contributed by atoms with Gasteiger partial charge in [-0.05, 0) is 22.0 Å². The molecule has 0 spiro atoms. The van der Waals surface area contributed by atoms with Crippen molar-refractivity contribution in [3.8, 4) is 0 Å². The van der Waals surface area contributed by atoms with Crippen LogP contribution in [0.5, 0.6) is 0 Å². The van der Waals surface area contributed by atoms with E-state index in [0.29, 0.717) is 27.9 Å². The molecule has 1 aromatic heterocycles. The van der Waals surface area contributed by atoms with E-state index in [9.17, 15) is 4.39 Å². The molecule has 0 atom stereocenters. The van der Waals surface area contributed by atoms with Crippen LogP contribution < -0.4 is 5.73 Å². The van der Waals surface area contributed by atoms with Crippen molar-refractivity contribution in [2.75, 3.05) is 0 Å². The summed E-state index contributed by atoms with van der Waals surface area (Å²) in [5.41, 5.74) is 6.77. The van der Waals surface area contributed by atoms with Gasteiger partial charge in [-0.25, -0.2) is 9.37 Å². The number of nitrogens with zero attached hydrogens (tertiary/aromatic N) is 1. The Morgan fingerprint density at radius 1 is 1.54 bits per heavy atom. The van der Waals surface area contributed by atoms with Gasteiger partial charge in [0.15, 0.2) is 0 Å². The molecular weight excluding hydrogens is 237 g/mol. The monoisotopic (exact) mass is 243 g/mol. The van der Waals surface area contributed by atoms with E-state index in [1.165, 1.54) is 6.07 Å². The smallest absolute Gasteiger partial charge is 0.139 e. The predicted molar refractivity (Wildman–Crippen MR) is 51.6 cm³/mol. The first-order valence-electron chi connectivity index (χ1n) is 3.74. The molecule has 2 aromatic rings. The lowest BCUT2D eigenvalue weighted by molar-refractivity contribution is 0.623. The molecule has 0 aliphatic rings. The minimum Gasteiger partial charge on any atom is -0.341 e. The predicted octanol–water partition coefficient (Wildman–Crippen LogP) is 1.92. The maximum atomic E-state index is 13.0. The zero-order chi connectivity index (χ0) is 9.42. The molecule has 0 aliphatic heterocycles. The van der Waals surface area contributed by atoms with E-state index in [4.69, 9.17) is 5.73 Å². The first kappa shape index (κ1) is 8.65. The Morgan fingerprint density at radius 2 is 2.31 bits per heavy atom. The van der Waals surface area contributed by atoms with Crippen molar-refractivity contribution in [3.63, 3.8) is 0 Å². The van der Waals surface area contributed by atoms with Crippen molar-refractivity contribution in [1.82, 2.24) is 9.97 Å². The number of benzene rings is 1. The number of hydrogen-bond donors (Lipinski definition) is 2. The van der Waals surface area contributed by atoms with Gasteiger partial charge in [0.05, 0.1) is 22.1 Å². The van der Waals surface area contributed by atoms with Crippen LogP contribution in [-0.4, -0.2) is 9.97 Å². The Bertz CT molecular complexity index is 413. The number of imidazole rings is 1. The van der Waals surface area contributed by atoms with Gasteiger partial charge in [-0.1, -0.05) is 0 Å². The summed E-state index contributed by atoms with van der Waals surface area (Å²) in [6.45, 7) is 0.327. The lowest BCUT2D eigenvalue weighted by Gasteiger charge is -1.92. The highest BCUT2D eigenvalue weighted by Crippen LogP contribution is 2.21. The van der Waals surface area contributed by atoms with Gasteiger partial charge in [-0.3, -0.25) is 0 Å². The zero-order valence-corrected chi connectivity index (χ0v) is 8.23. The Balaban J connectivity index is 2.70. The summed E-state index contributed by atoms with van der Waals surface area (Å²) >= 11 is 3.09. The van der Waals surface area contributed by atoms with E-state index in [2.05, 4.69) is 25.9 Å². The van der Waals surface area contributed by atoms with E-state index >= 15 is 0 Å². The lowest BCUT2D eigenvalue weighted by Crippen LogP contribution is -1.97. The maximum absolute atomic E-state index is 13.0. The van der Waals surface area contributed by atoms with Gasteiger partial charge in [-0.2, -0.15) is 0 Å². The maximum Gasteiger partial charge on any atom is 0.139 e. The van der Waals surface area contributed by atoms with E-state index in [1.54, 1.807) is 6.07 Å². The molecular formula is C8H7BrFN3. The van der Waals surface area contributed by atoms with Crippen molar-refractivity contribution in [2.45, 2.75) is 6.54 Å². The van der Waals surface area contributed by atoms with Gasteiger partial charge in [0, 0.05) is 6.07 Å². The average Bonchev–Trinajstić information content (AvgIpc) is 2.48. The fraction of sp³-hybridized carbons (Fsp3) is 0.125. The molecule has 0 saturated heterocycles. The molecule has 3 N–H and O–H groups in total. The number of rotatable bonds is 1. The first-order chi connectivity index (χ1) is 6.20. The third kappa shape index (κ3) is 1.45. The van der Waals surface area contributed by atoms with Gasteiger partial charge >= 0.3 is 0 Å². The van der Waals surface area contributed by atoms with E-state index in [-0.39, 0.29) is 5.82 Å². The topological polar surface area (TPSA) is 54.7 Å². The van der Waals surface area contributed by atoms with E-state index in [1.807, 2.05) is 0 Å². The molecule has 0 fully saturated rings. The molecule has 5 heteroatoms. The van der Waals surface area contributed by atoms with Crippen molar-refractivity contribution < 1.29 is 4.39 Å². The number of nitrogens with one attached hydrogen (secondary N) is 1. The average molecular weight is 244 g/mol. The normalized spacial score (nSPS) is 11.0. The molecule has 1 aromatic carbocycles. The molecule has 0 aliphatic carbocycles. The number of nitrogens with two attached hydrogens (primary N) is 1. The molecule has 0 radical (unpaired) electrons. The second-order valence-electron chi connectivity index (χ2n) is 2.67. The van der Waals surface area contributed by atoms with Gasteiger partial charge < -0.3 is 10.7 Å².